The molecule has 1 aliphatic heterocycles. The Morgan fingerprint density at radius 2 is 1.77 bits per heavy atom. The number of allylic oxidation sites excluding steroid dienone is 2. The van der Waals surface area contributed by atoms with Crippen molar-refractivity contribution in [2.75, 3.05) is 24.3 Å². The first-order valence-electron chi connectivity index (χ1n) is 11.1. The molecule has 5 rings (SSSR count). The van der Waals surface area contributed by atoms with E-state index < -0.39 is 10.0 Å². The smallest absolute Gasteiger partial charge is 0.261 e. The fraction of sp³-hybridized carbons (Fsp3) is 0.231. The van der Waals surface area contributed by atoms with E-state index in [-0.39, 0.29) is 33.5 Å². The molecule has 0 unspecified atom stereocenters. The summed E-state index contributed by atoms with van der Waals surface area (Å²) in [7, 11) is -0.634. The van der Waals surface area contributed by atoms with Crippen LogP contribution in [0.3, 0.4) is 0 Å². The van der Waals surface area contributed by atoms with Crippen molar-refractivity contribution in [3.05, 3.63) is 87.9 Å². The van der Waals surface area contributed by atoms with Crippen molar-refractivity contribution in [3.8, 4) is 11.5 Å². The van der Waals surface area contributed by atoms with Crippen LogP contribution in [-0.2, 0) is 10.0 Å². The van der Waals surface area contributed by atoms with E-state index in [1.165, 1.54) is 6.07 Å². The average molecular weight is 531 g/mol. The van der Waals surface area contributed by atoms with Gasteiger partial charge in [-0.25, -0.2) is 8.42 Å². The highest BCUT2D eigenvalue weighted by Crippen LogP contribution is 2.51. The molecule has 3 aromatic rings. The topological polar surface area (TPSA) is 76.7 Å². The fourth-order valence-corrected chi connectivity index (χ4v) is 6.39. The lowest BCUT2D eigenvalue weighted by molar-refractivity contribution is 0.353. The van der Waals surface area contributed by atoms with Crippen LogP contribution in [0.4, 0.5) is 11.4 Å². The molecule has 9 heteroatoms. The summed E-state index contributed by atoms with van der Waals surface area (Å²) in [6.45, 7) is 0. The first-order chi connectivity index (χ1) is 16.8. The lowest BCUT2D eigenvalue weighted by Crippen LogP contribution is -2.29. The minimum Gasteiger partial charge on any atom is -0.493 e. The molecule has 0 aromatic heterocycles. The lowest BCUT2D eigenvalue weighted by Gasteiger charge is -2.38. The maximum atomic E-state index is 13.2. The molecular weight excluding hydrogens is 507 g/mol. The number of benzene rings is 3. The van der Waals surface area contributed by atoms with Gasteiger partial charge in [-0.05, 0) is 72.0 Å². The number of rotatable bonds is 6. The van der Waals surface area contributed by atoms with Crippen LogP contribution in [0.25, 0.3) is 0 Å². The molecule has 1 aliphatic carbocycles. The summed E-state index contributed by atoms with van der Waals surface area (Å²) in [5.41, 5.74) is 3.17. The van der Waals surface area contributed by atoms with Crippen LogP contribution in [0.15, 0.2) is 71.6 Å². The Balaban J connectivity index is 1.49. The normalized spacial score (nSPS) is 20.5. The van der Waals surface area contributed by atoms with Gasteiger partial charge in [0.1, 0.15) is 0 Å². The molecule has 0 spiro atoms. The number of fused-ring (bicyclic) bond motifs is 3. The molecule has 0 amide bonds. The zero-order valence-corrected chi connectivity index (χ0v) is 21.4. The Kier molecular flexibility index (Phi) is 6.34. The molecule has 182 valence electrons. The minimum absolute atomic E-state index is 0.0353. The van der Waals surface area contributed by atoms with Crippen molar-refractivity contribution in [1.29, 1.82) is 0 Å². The summed E-state index contributed by atoms with van der Waals surface area (Å²) in [5, 5.41) is 4.29. The maximum Gasteiger partial charge on any atom is 0.261 e. The van der Waals surface area contributed by atoms with Crippen LogP contribution < -0.4 is 19.5 Å². The molecule has 2 N–H and O–H groups in total. The molecule has 2 aliphatic rings. The van der Waals surface area contributed by atoms with E-state index in [1.54, 1.807) is 38.5 Å². The van der Waals surface area contributed by atoms with Gasteiger partial charge in [0.2, 0.25) is 0 Å². The fourth-order valence-electron chi connectivity index (χ4n) is 4.90. The van der Waals surface area contributed by atoms with E-state index in [4.69, 9.17) is 32.7 Å². The highest BCUT2D eigenvalue weighted by Gasteiger charge is 2.38. The van der Waals surface area contributed by atoms with Crippen LogP contribution in [0.5, 0.6) is 11.5 Å². The number of methoxy groups -OCH3 is 2. The summed E-state index contributed by atoms with van der Waals surface area (Å²) < 4.78 is 39.8. The Morgan fingerprint density at radius 1 is 0.971 bits per heavy atom. The van der Waals surface area contributed by atoms with Gasteiger partial charge in [0.05, 0.1) is 35.9 Å². The summed E-state index contributed by atoms with van der Waals surface area (Å²) in [6, 6.07) is 15.8. The number of ether oxygens (including phenoxy) is 2. The monoisotopic (exact) mass is 530 g/mol. The molecule has 3 aromatic carbocycles. The van der Waals surface area contributed by atoms with Gasteiger partial charge in [-0.1, -0.05) is 41.4 Å². The Bertz CT molecular complexity index is 1420. The van der Waals surface area contributed by atoms with Crippen molar-refractivity contribution in [1.82, 2.24) is 0 Å². The second-order valence-corrected chi connectivity index (χ2v) is 11.1. The van der Waals surface area contributed by atoms with Gasteiger partial charge < -0.3 is 14.8 Å². The predicted octanol–water partition coefficient (Wildman–Crippen LogP) is 6.64. The molecule has 3 atom stereocenters. The molecule has 0 fully saturated rings. The van der Waals surface area contributed by atoms with Crippen LogP contribution >= 0.6 is 23.2 Å². The van der Waals surface area contributed by atoms with Gasteiger partial charge in [0.15, 0.2) is 11.5 Å². The number of hydrogen-bond donors (Lipinski definition) is 2. The van der Waals surface area contributed by atoms with Crippen molar-refractivity contribution in [2.45, 2.75) is 23.3 Å². The largest absolute Gasteiger partial charge is 0.493 e. The van der Waals surface area contributed by atoms with Gasteiger partial charge >= 0.3 is 0 Å². The number of nitrogens with one attached hydrogen (secondary N) is 2. The Hall–Kier alpha value is -2.87. The number of hydrogen-bond acceptors (Lipinski definition) is 5. The van der Waals surface area contributed by atoms with Crippen molar-refractivity contribution >= 4 is 44.6 Å². The first kappa shape index (κ1) is 23.9. The van der Waals surface area contributed by atoms with Gasteiger partial charge in [-0.2, -0.15) is 0 Å². The van der Waals surface area contributed by atoms with Gasteiger partial charge in [-0.3, -0.25) is 4.72 Å². The third-order valence-electron chi connectivity index (χ3n) is 6.58. The Labute approximate surface area is 214 Å². The number of sulfonamides is 1. The van der Waals surface area contributed by atoms with Gasteiger partial charge in [0.25, 0.3) is 10.0 Å². The predicted molar refractivity (Wildman–Crippen MR) is 140 cm³/mol. The van der Waals surface area contributed by atoms with E-state index in [9.17, 15) is 8.42 Å². The minimum atomic E-state index is -3.87. The molecule has 0 saturated carbocycles. The lowest BCUT2D eigenvalue weighted by atomic mass is 9.77. The van der Waals surface area contributed by atoms with Crippen molar-refractivity contribution in [2.24, 2.45) is 5.92 Å². The standard InChI is InChI=1S/C26H24Cl2N2O4S/c1-33-24-11-6-15(12-25(24)34-2)26-19-5-3-4-18(19)20-14-17(8-10-22(20)29-26)35(31,32)30-23-13-16(27)7-9-21(23)28/h3-4,6-14,18-19,26,29-30H,5H2,1-2H3/t18-,19+,26+/m0/s1. The average Bonchev–Trinajstić information content (AvgIpc) is 3.35. The van der Waals surface area contributed by atoms with Gasteiger partial charge in [0, 0.05) is 16.6 Å². The highest BCUT2D eigenvalue weighted by molar-refractivity contribution is 7.92. The van der Waals surface area contributed by atoms with E-state index in [0.717, 1.165) is 23.2 Å². The van der Waals surface area contributed by atoms with Gasteiger partial charge in [-0.15, -0.1) is 0 Å². The number of anilines is 2. The zero-order valence-electron chi connectivity index (χ0n) is 19.1. The summed E-state index contributed by atoms with van der Waals surface area (Å²) in [6.07, 6.45) is 5.20. The third kappa shape index (κ3) is 4.44. The maximum absolute atomic E-state index is 13.2. The van der Waals surface area contributed by atoms with E-state index in [0.29, 0.717) is 16.5 Å². The van der Waals surface area contributed by atoms with Crippen molar-refractivity contribution < 1.29 is 17.9 Å². The summed E-state index contributed by atoms with van der Waals surface area (Å²) >= 11 is 12.2. The van der Waals surface area contributed by atoms with Crippen molar-refractivity contribution in [3.63, 3.8) is 0 Å². The molecule has 35 heavy (non-hydrogen) atoms. The SMILES string of the molecule is COc1ccc([C@H]2Nc3ccc(S(=O)(=O)Nc4cc(Cl)ccc4Cl)cc3[C@H]3C=CC[C@H]32)cc1OC. The third-order valence-corrected chi connectivity index (χ3v) is 8.51. The van der Waals surface area contributed by atoms with E-state index in [2.05, 4.69) is 22.2 Å². The van der Waals surface area contributed by atoms with Crippen LogP contribution in [0.1, 0.15) is 29.5 Å². The van der Waals surface area contributed by atoms with E-state index in [1.807, 2.05) is 24.3 Å². The van der Waals surface area contributed by atoms with E-state index >= 15 is 0 Å². The summed E-state index contributed by atoms with van der Waals surface area (Å²) in [4.78, 5) is 0.165. The van der Waals surface area contributed by atoms with Crippen LogP contribution in [0.2, 0.25) is 10.0 Å². The molecular formula is C26H24Cl2N2O4S. The number of halogens is 2. The quantitative estimate of drug-likeness (QED) is 0.349. The molecule has 0 radical (unpaired) electrons. The van der Waals surface area contributed by atoms with Crippen LogP contribution in [-0.4, -0.2) is 22.6 Å². The van der Waals surface area contributed by atoms with Crippen LogP contribution in [0, 0.1) is 5.92 Å². The molecule has 0 bridgehead atoms. The molecule has 1 heterocycles. The highest BCUT2D eigenvalue weighted by atomic mass is 35.5. The Morgan fingerprint density at radius 3 is 2.54 bits per heavy atom. The molecule has 6 nitrogen and oxygen atoms in total. The second-order valence-electron chi connectivity index (χ2n) is 8.57. The first-order valence-corrected chi connectivity index (χ1v) is 13.3. The molecule has 0 saturated heterocycles. The zero-order chi connectivity index (χ0) is 24.7. The summed E-state index contributed by atoms with van der Waals surface area (Å²) in [5.74, 6) is 1.66. The second kappa shape index (κ2) is 9.30.